The Hall–Kier alpha value is -0.370. The maximum atomic E-state index is 10.0. The van der Waals surface area contributed by atoms with Gasteiger partial charge >= 0.3 is 0 Å². The molecule has 0 aromatic carbocycles. The third kappa shape index (κ3) is 11.7. The molecule has 1 N–H and O–H groups in total. The van der Waals surface area contributed by atoms with Gasteiger partial charge in [-0.05, 0) is 6.42 Å². The van der Waals surface area contributed by atoms with Gasteiger partial charge in [0, 0.05) is 0 Å². The third-order valence-corrected chi connectivity index (χ3v) is 2.97. The van der Waals surface area contributed by atoms with E-state index in [0.717, 1.165) is 12.8 Å². The lowest BCUT2D eigenvalue weighted by Crippen LogP contribution is -2.06. The van der Waals surface area contributed by atoms with E-state index in [9.17, 15) is 4.79 Å². The summed E-state index contributed by atoms with van der Waals surface area (Å²) in [7, 11) is 0. The van der Waals surface area contributed by atoms with Gasteiger partial charge in [0.05, 0.1) is 0 Å². The molecule has 0 heterocycles. The average Bonchev–Trinajstić information content (AvgIpc) is 2.31. The van der Waals surface area contributed by atoms with Crippen LogP contribution in [-0.4, -0.2) is 17.5 Å². The second-order valence-electron chi connectivity index (χ2n) is 4.60. The van der Waals surface area contributed by atoms with E-state index in [1.807, 2.05) is 0 Å². The van der Waals surface area contributed by atoms with Crippen molar-refractivity contribution in [3.05, 3.63) is 0 Å². The van der Waals surface area contributed by atoms with E-state index in [1.165, 1.54) is 51.4 Å². The molecule has 95 valence electrons. The fourth-order valence-corrected chi connectivity index (χ4v) is 1.88. The minimum Gasteiger partial charge on any atom is -0.385 e. The predicted molar refractivity (Wildman–Crippen MR) is 68.2 cm³/mol. The highest BCUT2D eigenvalue weighted by Crippen LogP contribution is 2.11. The number of aliphatic hydroxyl groups is 1. The van der Waals surface area contributed by atoms with Gasteiger partial charge in [-0.3, -0.25) is 4.79 Å². The average molecular weight is 227 g/mol. The highest BCUT2D eigenvalue weighted by molar-refractivity contribution is 5.56. The molecule has 0 aliphatic rings. The molecular formula is C14H27O2. The fraction of sp³-hybridized carbons (Fsp3) is 0.929. The number of rotatable bonds is 12. The summed E-state index contributed by atoms with van der Waals surface area (Å²) in [5.41, 5.74) is 0. The van der Waals surface area contributed by atoms with Crippen molar-refractivity contribution in [1.29, 1.82) is 0 Å². The Labute approximate surface area is 100 Å². The maximum Gasteiger partial charge on any atom is 0.229 e. The van der Waals surface area contributed by atoms with Gasteiger partial charge in [-0.25, -0.2) is 0 Å². The van der Waals surface area contributed by atoms with Crippen molar-refractivity contribution in [2.75, 3.05) is 0 Å². The highest BCUT2D eigenvalue weighted by atomic mass is 16.3. The van der Waals surface area contributed by atoms with E-state index in [0.29, 0.717) is 6.42 Å². The number of aliphatic hydroxyl groups excluding tert-OH is 1. The lowest BCUT2D eigenvalue weighted by atomic mass is 10.0. The van der Waals surface area contributed by atoms with Gasteiger partial charge in [0.25, 0.3) is 0 Å². The Morgan fingerprint density at radius 3 is 1.75 bits per heavy atom. The van der Waals surface area contributed by atoms with Crippen molar-refractivity contribution in [2.24, 2.45) is 0 Å². The van der Waals surface area contributed by atoms with Crippen LogP contribution < -0.4 is 0 Å². The van der Waals surface area contributed by atoms with E-state index >= 15 is 0 Å². The van der Waals surface area contributed by atoms with Gasteiger partial charge in [0.1, 0.15) is 6.10 Å². The fourth-order valence-electron chi connectivity index (χ4n) is 1.88. The molecule has 0 rings (SSSR count). The van der Waals surface area contributed by atoms with E-state index in [1.54, 1.807) is 6.29 Å². The van der Waals surface area contributed by atoms with Crippen LogP contribution in [0.1, 0.15) is 77.6 Å². The molecule has 1 atom stereocenters. The number of hydrogen-bond acceptors (Lipinski definition) is 2. The van der Waals surface area contributed by atoms with E-state index in [2.05, 4.69) is 6.92 Å². The molecule has 0 bridgehead atoms. The minimum atomic E-state index is -0.853. The van der Waals surface area contributed by atoms with Crippen molar-refractivity contribution in [2.45, 2.75) is 83.7 Å². The van der Waals surface area contributed by atoms with Gasteiger partial charge in [-0.15, -0.1) is 0 Å². The Balaban J connectivity index is 2.96. The minimum absolute atomic E-state index is 0.583. The van der Waals surface area contributed by atoms with Crippen molar-refractivity contribution in [3.8, 4) is 0 Å². The standard InChI is InChI=1S/C14H27O2/c1-2-3-4-5-6-7-8-9-10-11-12-14(16)13-15/h14,16H,2-12H2,1H3. The lowest BCUT2D eigenvalue weighted by molar-refractivity contribution is 0.219. The zero-order chi connectivity index (χ0) is 12.1. The zero-order valence-corrected chi connectivity index (χ0v) is 10.7. The maximum absolute atomic E-state index is 10.0. The molecule has 2 heteroatoms. The lowest BCUT2D eigenvalue weighted by Gasteiger charge is -2.03. The molecule has 0 saturated carbocycles. The first kappa shape index (κ1) is 15.6. The first-order valence-corrected chi connectivity index (χ1v) is 6.87. The molecule has 1 unspecified atom stereocenters. The number of carbonyl (C=O) groups excluding carboxylic acids is 1. The van der Waals surface area contributed by atoms with Crippen LogP contribution in [0.5, 0.6) is 0 Å². The summed E-state index contributed by atoms with van der Waals surface area (Å²) in [5.74, 6) is 0. The Bertz CT molecular complexity index is 146. The van der Waals surface area contributed by atoms with Crippen LogP contribution in [0.2, 0.25) is 0 Å². The molecule has 0 aliphatic heterocycles. The van der Waals surface area contributed by atoms with Gasteiger partial charge in [-0.1, -0.05) is 71.1 Å². The van der Waals surface area contributed by atoms with E-state index in [4.69, 9.17) is 5.11 Å². The summed E-state index contributed by atoms with van der Waals surface area (Å²) in [5, 5.41) is 8.96. The molecule has 0 aliphatic carbocycles. The second kappa shape index (κ2) is 12.7. The van der Waals surface area contributed by atoms with Crippen molar-refractivity contribution in [3.63, 3.8) is 0 Å². The summed E-state index contributed by atoms with van der Waals surface area (Å²) in [6.07, 6.45) is 14.1. The summed E-state index contributed by atoms with van der Waals surface area (Å²) >= 11 is 0. The van der Waals surface area contributed by atoms with Gasteiger partial charge in [-0.2, -0.15) is 0 Å². The van der Waals surface area contributed by atoms with Gasteiger partial charge < -0.3 is 5.11 Å². The van der Waals surface area contributed by atoms with Crippen LogP contribution in [0.25, 0.3) is 0 Å². The third-order valence-electron chi connectivity index (χ3n) is 2.97. The first-order chi connectivity index (χ1) is 7.81. The van der Waals surface area contributed by atoms with Crippen LogP contribution in [0.4, 0.5) is 0 Å². The van der Waals surface area contributed by atoms with Crippen molar-refractivity contribution >= 4 is 6.29 Å². The number of unbranched alkanes of at least 4 members (excludes halogenated alkanes) is 9. The molecule has 0 spiro atoms. The molecule has 0 aromatic rings. The molecular weight excluding hydrogens is 200 g/mol. The molecule has 0 amide bonds. The molecule has 1 radical (unpaired) electrons. The summed E-state index contributed by atoms with van der Waals surface area (Å²) in [6.45, 7) is 2.24. The Morgan fingerprint density at radius 2 is 1.31 bits per heavy atom. The normalized spacial score (nSPS) is 12.6. The van der Waals surface area contributed by atoms with Crippen molar-refractivity contribution in [1.82, 2.24) is 0 Å². The second-order valence-corrected chi connectivity index (χ2v) is 4.60. The van der Waals surface area contributed by atoms with Crippen LogP contribution in [0.15, 0.2) is 0 Å². The molecule has 0 fully saturated rings. The van der Waals surface area contributed by atoms with Gasteiger partial charge in [0.2, 0.25) is 6.29 Å². The van der Waals surface area contributed by atoms with E-state index < -0.39 is 6.10 Å². The molecule has 0 aromatic heterocycles. The van der Waals surface area contributed by atoms with Crippen LogP contribution in [0.3, 0.4) is 0 Å². The van der Waals surface area contributed by atoms with Crippen LogP contribution in [-0.2, 0) is 4.79 Å². The monoisotopic (exact) mass is 227 g/mol. The quantitative estimate of drug-likeness (QED) is 0.515. The Kier molecular flexibility index (Phi) is 12.4. The van der Waals surface area contributed by atoms with Crippen LogP contribution in [0, 0.1) is 0 Å². The molecule has 16 heavy (non-hydrogen) atoms. The predicted octanol–water partition coefficient (Wildman–Crippen LogP) is 3.77. The highest BCUT2D eigenvalue weighted by Gasteiger charge is 2.01. The molecule has 2 nitrogen and oxygen atoms in total. The molecule has 0 saturated heterocycles. The zero-order valence-electron chi connectivity index (χ0n) is 10.7. The SMILES string of the molecule is CCCCCCCCCCCCC(O)[C]=O. The van der Waals surface area contributed by atoms with E-state index in [-0.39, 0.29) is 0 Å². The largest absolute Gasteiger partial charge is 0.385 e. The smallest absolute Gasteiger partial charge is 0.229 e. The summed E-state index contributed by atoms with van der Waals surface area (Å²) < 4.78 is 0. The summed E-state index contributed by atoms with van der Waals surface area (Å²) in [4.78, 5) is 10.0. The number of hydrogen-bond donors (Lipinski definition) is 1. The van der Waals surface area contributed by atoms with Crippen molar-refractivity contribution < 1.29 is 9.90 Å². The van der Waals surface area contributed by atoms with Gasteiger partial charge in [0.15, 0.2) is 0 Å². The van der Waals surface area contributed by atoms with Crippen LogP contribution >= 0.6 is 0 Å². The summed E-state index contributed by atoms with van der Waals surface area (Å²) in [6, 6.07) is 0. The Morgan fingerprint density at radius 1 is 0.875 bits per heavy atom. The topological polar surface area (TPSA) is 37.3 Å². The first-order valence-electron chi connectivity index (χ1n) is 6.87.